The van der Waals surface area contributed by atoms with Crippen LogP contribution in [0.5, 0.6) is 0 Å². The molecule has 4 aliphatic rings. The van der Waals surface area contributed by atoms with Gasteiger partial charge in [0.15, 0.2) is 6.04 Å². The van der Waals surface area contributed by atoms with Crippen molar-refractivity contribution in [1.29, 1.82) is 0 Å². The van der Waals surface area contributed by atoms with Crippen molar-refractivity contribution in [2.75, 3.05) is 20.3 Å². The highest BCUT2D eigenvalue weighted by molar-refractivity contribution is 6.01. The molecule has 8 heteroatoms. The van der Waals surface area contributed by atoms with Gasteiger partial charge in [0.05, 0.1) is 7.05 Å². The second-order valence-corrected chi connectivity index (χ2v) is 11.6. The number of carbonyl (C=O) groups excluding carboxylic acids is 2. The molecule has 2 aromatic carbocycles. The maximum Gasteiger partial charge on any atom is 0.341 e. The van der Waals surface area contributed by atoms with Gasteiger partial charge in [0, 0.05) is 56.3 Å². The van der Waals surface area contributed by atoms with Gasteiger partial charge in [-0.1, -0.05) is 24.3 Å². The minimum atomic E-state index is -0.733. The Balaban J connectivity index is 1.30. The van der Waals surface area contributed by atoms with E-state index in [0.717, 1.165) is 31.2 Å². The summed E-state index contributed by atoms with van der Waals surface area (Å²) in [5.74, 6) is -0.658. The van der Waals surface area contributed by atoms with Gasteiger partial charge in [-0.05, 0) is 54.0 Å². The van der Waals surface area contributed by atoms with Crippen LogP contribution >= 0.6 is 0 Å². The molecule has 3 aromatic rings. The molecule has 1 N–H and O–H groups in total. The zero-order valence-corrected chi connectivity index (χ0v) is 21.7. The summed E-state index contributed by atoms with van der Waals surface area (Å²) in [6.45, 7) is 1.28. The van der Waals surface area contributed by atoms with E-state index in [-0.39, 0.29) is 45.4 Å². The predicted molar refractivity (Wildman–Crippen MR) is 140 cm³/mol. The first-order valence-electron chi connectivity index (χ1n) is 13.5. The van der Waals surface area contributed by atoms with Crippen molar-refractivity contribution >= 4 is 17.5 Å². The van der Waals surface area contributed by atoms with E-state index in [9.17, 15) is 9.59 Å². The molecule has 2 aliphatic carbocycles. The second kappa shape index (κ2) is 8.32. The topological polar surface area (TPSA) is 73.2 Å². The maximum atomic E-state index is 15.6. The van der Waals surface area contributed by atoms with E-state index in [0.29, 0.717) is 30.2 Å². The van der Waals surface area contributed by atoms with Crippen LogP contribution in [0.4, 0.5) is 10.1 Å². The van der Waals surface area contributed by atoms with Crippen molar-refractivity contribution in [2.24, 2.45) is 12.5 Å². The third-order valence-electron chi connectivity index (χ3n) is 9.81. The Hall–Kier alpha value is -3.36. The Morgan fingerprint density at radius 2 is 1.95 bits per heavy atom. The number of halogens is 1. The molecule has 1 spiro atoms. The zero-order valence-electron chi connectivity index (χ0n) is 21.7. The van der Waals surface area contributed by atoms with E-state index < -0.39 is 6.04 Å². The lowest BCUT2D eigenvalue weighted by Gasteiger charge is -2.44. The average molecular weight is 516 g/mol. The Morgan fingerprint density at radius 3 is 2.68 bits per heavy atom. The van der Waals surface area contributed by atoms with Crippen molar-refractivity contribution < 1.29 is 18.7 Å². The number of aromatic nitrogens is 2. The molecule has 0 radical (unpaired) electrons. The largest absolute Gasteiger partial charge is 0.381 e. The quantitative estimate of drug-likeness (QED) is 0.536. The van der Waals surface area contributed by atoms with Gasteiger partial charge in [0.1, 0.15) is 23.2 Å². The van der Waals surface area contributed by atoms with Crippen LogP contribution < -0.4 is 9.80 Å². The highest BCUT2D eigenvalue weighted by atomic mass is 19.1. The average Bonchev–Trinajstić information content (AvgIpc) is 3.32. The highest BCUT2D eigenvalue weighted by Crippen LogP contribution is 2.70. The van der Waals surface area contributed by atoms with Crippen LogP contribution in [0.2, 0.25) is 0 Å². The van der Waals surface area contributed by atoms with E-state index in [1.807, 2.05) is 31.3 Å². The molecule has 5 unspecified atom stereocenters. The number of quaternary nitrogens is 1. The van der Waals surface area contributed by atoms with Crippen LogP contribution in [0.3, 0.4) is 0 Å². The van der Waals surface area contributed by atoms with E-state index in [1.165, 1.54) is 10.2 Å². The maximum absolute atomic E-state index is 15.6. The summed E-state index contributed by atoms with van der Waals surface area (Å²) in [6, 6.07) is 14.6. The number of benzene rings is 2. The Morgan fingerprint density at radius 1 is 1.16 bits per heavy atom. The summed E-state index contributed by atoms with van der Waals surface area (Å²) in [7, 11) is 3.62. The van der Waals surface area contributed by atoms with Crippen LogP contribution in [0.25, 0.3) is 0 Å². The minimum absolute atomic E-state index is 0.00813. The first kappa shape index (κ1) is 23.7. The van der Waals surface area contributed by atoms with Gasteiger partial charge < -0.3 is 10.1 Å². The van der Waals surface area contributed by atoms with Crippen LogP contribution in [0.15, 0.2) is 54.7 Å². The number of nitrogens with one attached hydrogen (secondary N) is 1. The van der Waals surface area contributed by atoms with Gasteiger partial charge >= 0.3 is 5.91 Å². The third-order valence-corrected chi connectivity index (χ3v) is 9.81. The highest BCUT2D eigenvalue weighted by Gasteiger charge is 2.78. The normalized spacial score (nSPS) is 31.9. The van der Waals surface area contributed by atoms with Gasteiger partial charge in [-0.25, -0.2) is 13.7 Å². The summed E-state index contributed by atoms with van der Waals surface area (Å²) in [6.07, 6.45) is 4.89. The van der Waals surface area contributed by atoms with Gasteiger partial charge in [-0.3, -0.25) is 9.48 Å². The molecule has 2 amide bonds. The van der Waals surface area contributed by atoms with E-state index in [4.69, 9.17) is 4.74 Å². The molecule has 2 saturated heterocycles. The number of rotatable bonds is 4. The van der Waals surface area contributed by atoms with E-state index >= 15 is 4.39 Å². The molecule has 196 valence electrons. The van der Waals surface area contributed by atoms with Crippen LogP contribution in [0, 0.1) is 11.2 Å². The van der Waals surface area contributed by atoms with Crippen molar-refractivity contribution in [3.8, 4) is 0 Å². The number of carbonyl (C=O) groups is 2. The second-order valence-electron chi connectivity index (χ2n) is 11.6. The Kier molecular flexibility index (Phi) is 5.20. The molecular formula is C30H32FN4O3+. The fourth-order valence-electron chi connectivity index (χ4n) is 7.80. The first-order valence-corrected chi connectivity index (χ1v) is 13.5. The molecule has 7 nitrogen and oxygen atoms in total. The Bertz CT molecular complexity index is 1460. The van der Waals surface area contributed by atoms with E-state index in [2.05, 4.69) is 22.5 Å². The third kappa shape index (κ3) is 3.23. The molecule has 2 aliphatic heterocycles. The van der Waals surface area contributed by atoms with Gasteiger partial charge in [0.25, 0.3) is 5.91 Å². The monoisotopic (exact) mass is 515 g/mol. The number of nitrogens with zero attached hydrogens (tertiary/aromatic N) is 3. The number of fused-ring (bicyclic) bond motifs is 2. The minimum Gasteiger partial charge on any atom is -0.381 e. The lowest BCUT2D eigenvalue weighted by atomic mass is 9.78. The lowest BCUT2D eigenvalue weighted by molar-refractivity contribution is -0.136. The molecule has 7 rings (SSSR count). The SMILES string of the molecule is Cn1nccc1C(=O)NC1C(=O)[N+](C)(c2ccc(C3CCOCC3)c(F)c2)C2CC23Cc2ccccc2C13. The molecule has 1 saturated carbocycles. The van der Waals surface area contributed by atoms with E-state index in [1.54, 1.807) is 25.4 Å². The fourth-order valence-corrected chi connectivity index (χ4v) is 7.80. The number of ether oxygens (including phenoxy) is 1. The van der Waals surface area contributed by atoms with Gasteiger partial charge in [-0.15, -0.1) is 0 Å². The summed E-state index contributed by atoms with van der Waals surface area (Å²) >= 11 is 0. The molecule has 3 heterocycles. The number of aryl methyl sites for hydroxylation is 1. The predicted octanol–water partition coefficient (Wildman–Crippen LogP) is 3.83. The van der Waals surface area contributed by atoms with Gasteiger partial charge in [0.2, 0.25) is 0 Å². The van der Waals surface area contributed by atoms with Crippen molar-refractivity contribution in [3.05, 3.63) is 82.9 Å². The van der Waals surface area contributed by atoms with Crippen LogP contribution in [-0.2, 0) is 23.0 Å². The molecule has 0 bridgehead atoms. The molecule has 1 aromatic heterocycles. The molecule has 5 atom stereocenters. The Labute approximate surface area is 221 Å². The fraction of sp³-hybridized carbons (Fsp3) is 0.433. The summed E-state index contributed by atoms with van der Waals surface area (Å²) < 4.78 is 22.6. The summed E-state index contributed by atoms with van der Waals surface area (Å²) in [4.78, 5) is 27.9. The number of likely N-dealkylation sites (tertiary alicyclic amines) is 1. The number of amides is 2. The molecule has 38 heavy (non-hydrogen) atoms. The summed E-state index contributed by atoms with van der Waals surface area (Å²) in [5, 5.41) is 7.23. The lowest BCUT2D eigenvalue weighted by Crippen LogP contribution is -2.67. The number of hydrogen-bond acceptors (Lipinski definition) is 4. The standard InChI is InChI=1S/C30H31FN4O3/c1-34-24(9-12-32-34)28(36)33-27-26-22-6-4-3-5-19(22)16-30(26)17-25(30)35(2,29(27)37)20-7-8-21(23(31)15-20)18-10-13-38-14-11-18/h3-9,12,15,18,25-27H,10-11,13-14,16-17H2,1-2H3/p+1. The number of hydrogen-bond donors (Lipinski definition) is 1. The van der Waals surface area contributed by atoms with Crippen molar-refractivity contribution in [3.63, 3.8) is 0 Å². The summed E-state index contributed by atoms with van der Waals surface area (Å²) in [5.41, 5.74) is 3.99. The number of piperidine rings is 1. The molecular weight excluding hydrogens is 483 g/mol. The first-order chi connectivity index (χ1) is 18.3. The number of likely N-dealkylation sites (N-methyl/N-ethyl adjacent to an activating group) is 1. The van der Waals surface area contributed by atoms with Crippen LogP contribution in [-0.4, -0.2) is 53.9 Å². The molecule has 3 fully saturated rings. The van der Waals surface area contributed by atoms with Gasteiger partial charge in [-0.2, -0.15) is 5.10 Å². The van der Waals surface area contributed by atoms with Crippen molar-refractivity contribution in [2.45, 2.75) is 49.6 Å². The zero-order chi connectivity index (χ0) is 26.2. The van der Waals surface area contributed by atoms with Crippen molar-refractivity contribution in [1.82, 2.24) is 19.6 Å². The smallest absolute Gasteiger partial charge is 0.341 e. The van der Waals surface area contributed by atoms with Crippen LogP contribution in [0.1, 0.15) is 58.3 Å².